The number of piperidine rings is 1. The lowest BCUT2D eigenvalue weighted by Gasteiger charge is -2.30. The van der Waals surface area contributed by atoms with Gasteiger partial charge in [-0.2, -0.15) is 8.78 Å². The molecule has 0 aromatic heterocycles. The van der Waals surface area contributed by atoms with Crippen LogP contribution in [0.1, 0.15) is 32.1 Å². The first-order chi connectivity index (χ1) is 7.68. The molecule has 2 fully saturated rings. The van der Waals surface area contributed by atoms with Crippen LogP contribution in [0, 0.1) is 0 Å². The first kappa shape index (κ1) is 11.8. The first-order valence-electron chi connectivity index (χ1n) is 6.00. The number of carbonyl (C=O) groups excluding carboxylic acids is 1. The van der Waals surface area contributed by atoms with Crippen LogP contribution in [0.4, 0.5) is 8.78 Å². The van der Waals surface area contributed by atoms with E-state index >= 15 is 0 Å². The summed E-state index contributed by atoms with van der Waals surface area (Å²) < 4.78 is 24.8. The number of hydrogen-bond donors (Lipinski definition) is 1. The summed E-state index contributed by atoms with van der Waals surface area (Å²) in [6.07, 6.45) is 2.15. The highest BCUT2D eigenvalue weighted by Crippen LogP contribution is 2.28. The van der Waals surface area contributed by atoms with Gasteiger partial charge in [0.15, 0.2) is 0 Å². The zero-order valence-electron chi connectivity index (χ0n) is 9.29. The molecule has 1 aliphatic carbocycles. The van der Waals surface area contributed by atoms with Crippen LogP contribution in [0.3, 0.4) is 0 Å². The summed E-state index contributed by atoms with van der Waals surface area (Å²) in [4.78, 5) is 12.7. The van der Waals surface area contributed by atoms with Gasteiger partial charge in [0, 0.05) is 18.6 Å². The molecule has 1 saturated carbocycles. The maximum Gasteiger partial charge on any atom is 0.315 e. The van der Waals surface area contributed by atoms with Crippen LogP contribution in [-0.4, -0.2) is 42.4 Å². The van der Waals surface area contributed by atoms with Crippen LogP contribution in [0.15, 0.2) is 0 Å². The van der Waals surface area contributed by atoms with E-state index in [4.69, 9.17) is 0 Å². The van der Waals surface area contributed by atoms with Crippen molar-refractivity contribution in [3.8, 4) is 0 Å². The molecule has 1 saturated heterocycles. The van der Waals surface area contributed by atoms with Crippen molar-refractivity contribution >= 4 is 5.91 Å². The zero-order valence-corrected chi connectivity index (χ0v) is 9.29. The minimum atomic E-state index is -2.86. The van der Waals surface area contributed by atoms with Gasteiger partial charge in [0.2, 0.25) is 0 Å². The summed E-state index contributed by atoms with van der Waals surface area (Å²) >= 11 is 0. The largest absolute Gasteiger partial charge is 0.333 e. The van der Waals surface area contributed by atoms with E-state index in [0.717, 1.165) is 38.6 Å². The molecule has 0 bridgehead atoms. The van der Waals surface area contributed by atoms with E-state index in [1.807, 2.05) is 0 Å². The van der Waals surface area contributed by atoms with E-state index in [-0.39, 0.29) is 12.1 Å². The molecule has 3 nitrogen and oxygen atoms in total. The van der Waals surface area contributed by atoms with E-state index in [1.54, 1.807) is 0 Å². The summed E-state index contributed by atoms with van der Waals surface area (Å²) in [5.41, 5.74) is 0. The maximum absolute atomic E-state index is 12.4. The Morgan fingerprint density at radius 1 is 1.31 bits per heavy atom. The topological polar surface area (TPSA) is 32.3 Å². The Labute approximate surface area is 94.2 Å². The molecule has 0 radical (unpaired) electrons. The predicted molar refractivity (Wildman–Crippen MR) is 56.4 cm³/mol. The molecule has 1 heterocycles. The fourth-order valence-electron chi connectivity index (χ4n) is 2.25. The SMILES string of the molecule is O=C(C(F)F)N(CC1CCCCN1)C1CC1. The number of rotatable bonds is 4. The third-order valence-corrected chi connectivity index (χ3v) is 3.29. The number of alkyl halides is 2. The van der Waals surface area contributed by atoms with Gasteiger partial charge in [-0.3, -0.25) is 4.79 Å². The Hall–Kier alpha value is -0.710. The second-order valence-corrected chi connectivity index (χ2v) is 4.67. The molecule has 92 valence electrons. The van der Waals surface area contributed by atoms with Gasteiger partial charge < -0.3 is 10.2 Å². The van der Waals surface area contributed by atoms with Crippen LogP contribution in [-0.2, 0) is 4.79 Å². The van der Waals surface area contributed by atoms with Crippen molar-refractivity contribution in [2.75, 3.05) is 13.1 Å². The van der Waals surface area contributed by atoms with E-state index in [9.17, 15) is 13.6 Å². The molecule has 0 aromatic rings. The van der Waals surface area contributed by atoms with Crippen molar-refractivity contribution in [1.29, 1.82) is 0 Å². The highest BCUT2D eigenvalue weighted by atomic mass is 19.3. The van der Waals surface area contributed by atoms with Crippen LogP contribution in [0.25, 0.3) is 0 Å². The third kappa shape index (κ3) is 2.90. The molecule has 2 aliphatic rings. The summed E-state index contributed by atoms with van der Waals surface area (Å²) in [5.74, 6) is -0.991. The molecule has 1 N–H and O–H groups in total. The lowest BCUT2D eigenvalue weighted by Crippen LogP contribution is -2.48. The van der Waals surface area contributed by atoms with Crippen LogP contribution >= 0.6 is 0 Å². The van der Waals surface area contributed by atoms with Crippen LogP contribution in [0.5, 0.6) is 0 Å². The van der Waals surface area contributed by atoms with Crippen LogP contribution in [0.2, 0.25) is 0 Å². The van der Waals surface area contributed by atoms with Gasteiger partial charge in [0.25, 0.3) is 5.91 Å². The van der Waals surface area contributed by atoms with Crippen molar-refractivity contribution in [2.24, 2.45) is 0 Å². The Kier molecular flexibility index (Phi) is 3.74. The van der Waals surface area contributed by atoms with Gasteiger partial charge in [-0.1, -0.05) is 6.42 Å². The van der Waals surface area contributed by atoms with E-state index in [1.165, 1.54) is 4.90 Å². The molecule has 1 amide bonds. The number of amides is 1. The molecule has 1 unspecified atom stereocenters. The number of carbonyl (C=O) groups is 1. The molecule has 5 heteroatoms. The number of nitrogens with zero attached hydrogens (tertiary/aromatic N) is 1. The molecule has 0 spiro atoms. The van der Waals surface area contributed by atoms with Crippen LogP contribution < -0.4 is 5.32 Å². The summed E-state index contributed by atoms with van der Waals surface area (Å²) in [6, 6.07) is 0.280. The van der Waals surface area contributed by atoms with Gasteiger partial charge in [0.1, 0.15) is 0 Å². The number of hydrogen-bond acceptors (Lipinski definition) is 2. The average molecular weight is 232 g/mol. The summed E-state index contributed by atoms with van der Waals surface area (Å²) in [5, 5.41) is 3.29. The third-order valence-electron chi connectivity index (χ3n) is 3.29. The Balaban J connectivity index is 1.89. The maximum atomic E-state index is 12.4. The quantitative estimate of drug-likeness (QED) is 0.794. The monoisotopic (exact) mass is 232 g/mol. The van der Waals surface area contributed by atoms with Gasteiger partial charge in [-0.25, -0.2) is 0 Å². The first-order valence-corrected chi connectivity index (χ1v) is 6.00. The Morgan fingerprint density at radius 2 is 2.06 bits per heavy atom. The Bertz CT molecular complexity index is 250. The second-order valence-electron chi connectivity index (χ2n) is 4.67. The lowest BCUT2D eigenvalue weighted by atomic mass is 10.0. The lowest BCUT2D eigenvalue weighted by molar-refractivity contribution is -0.143. The highest BCUT2D eigenvalue weighted by molar-refractivity contribution is 5.80. The standard InChI is InChI=1S/C11H18F2N2O/c12-10(13)11(16)15(9-4-5-9)7-8-3-1-2-6-14-8/h8-10,14H,1-7H2. The van der Waals surface area contributed by atoms with Crippen molar-refractivity contribution in [2.45, 2.75) is 50.6 Å². The van der Waals surface area contributed by atoms with Crippen molar-refractivity contribution in [3.63, 3.8) is 0 Å². The fourth-order valence-corrected chi connectivity index (χ4v) is 2.25. The summed E-state index contributed by atoms with van der Waals surface area (Å²) in [6.45, 7) is 1.39. The number of nitrogens with one attached hydrogen (secondary N) is 1. The van der Waals surface area contributed by atoms with E-state index in [2.05, 4.69) is 5.32 Å². The molecule has 0 aromatic carbocycles. The minimum Gasteiger partial charge on any atom is -0.333 e. The molecular weight excluding hydrogens is 214 g/mol. The molecular formula is C11H18F2N2O. The van der Waals surface area contributed by atoms with E-state index in [0.29, 0.717) is 6.54 Å². The van der Waals surface area contributed by atoms with Gasteiger partial charge in [-0.05, 0) is 32.2 Å². The smallest absolute Gasteiger partial charge is 0.315 e. The van der Waals surface area contributed by atoms with Gasteiger partial charge in [-0.15, -0.1) is 0 Å². The van der Waals surface area contributed by atoms with Crippen molar-refractivity contribution in [1.82, 2.24) is 10.2 Å². The average Bonchev–Trinajstić information content (AvgIpc) is 3.10. The van der Waals surface area contributed by atoms with E-state index < -0.39 is 12.3 Å². The normalized spacial score (nSPS) is 25.8. The minimum absolute atomic E-state index is 0.0743. The van der Waals surface area contributed by atoms with Crippen molar-refractivity contribution in [3.05, 3.63) is 0 Å². The highest BCUT2D eigenvalue weighted by Gasteiger charge is 2.37. The molecule has 2 rings (SSSR count). The summed E-state index contributed by atoms with van der Waals surface area (Å²) in [7, 11) is 0. The fraction of sp³-hybridized carbons (Fsp3) is 0.909. The second kappa shape index (κ2) is 5.08. The predicted octanol–water partition coefficient (Wildman–Crippen LogP) is 1.38. The molecule has 1 aliphatic heterocycles. The van der Waals surface area contributed by atoms with Crippen molar-refractivity contribution < 1.29 is 13.6 Å². The number of halogens is 2. The Morgan fingerprint density at radius 3 is 2.56 bits per heavy atom. The molecule has 16 heavy (non-hydrogen) atoms. The van der Waals surface area contributed by atoms with Gasteiger partial charge >= 0.3 is 6.43 Å². The zero-order chi connectivity index (χ0) is 11.5. The molecule has 1 atom stereocenters. The van der Waals surface area contributed by atoms with Gasteiger partial charge in [0.05, 0.1) is 0 Å².